The number of terminal acetylenes is 1. The second kappa shape index (κ2) is 9.45. The van der Waals surface area contributed by atoms with Crippen molar-refractivity contribution in [1.29, 1.82) is 0 Å². The molecule has 0 spiro atoms. The zero-order chi connectivity index (χ0) is 21.7. The first-order chi connectivity index (χ1) is 15.1. The fourth-order valence-corrected chi connectivity index (χ4v) is 6.36. The summed E-state index contributed by atoms with van der Waals surface area (Å²) in [5.41, 5.74) is -0.314. The molecule has 0 saturated heterocycles. The first kappa shape index (κ1) is 21.3. The highest BCUT2D eigenvalue weighted by Gasteiger charge is 2.38. The minimum Gasteiger partial charge on any atom is -0.442 e. The number of hydrogen-bond acceptors (Lipinski definition) is 2. The average molecular weight is 428 g/mol. The highest BCUT2D eigenvalue weighted by atomic mass is 32.2. The maximum absolute atomic E-state index is 13.1. The molecule has 0 aliphatic heterocycles. The van der Waals surface area contributed by atoms with Gasteiger partial charge in [-0.2, -0.15) is 0 Å². The Morgan fingerprint density at radius 3 is 2.00 bits per heavy atom. The van der Waals surface area contributed by atoms with Crippen molar-refractivity contribution in [1.82, 2.24) is 0 Å². The van der Waals surface area contributed by atoms with E-state index in [-0.39, 0.29) is 22.8 Å². The molecule has 1 aliphatic rings. The van der Waals surface area contributed by atoms with Crippen LogP contribution in [0.1, 0.15) is 43.0 Å². The van der Waals surface area contributed by atoms with Crippen LogP contribution in [-0.2, 0) is 15.6 Å². The zero-order valence-electron chi connectivity index (χ0n) is 17.8. The van der Waals surface area contributed by atoms with E-state index < -0.39 is 5.60 Å². The summed E-state index contributed by atoms with van der Waals surface area (Å²) in [6, 6.07) is 28.6. The lowest BCUT2D eigenvalue weighted by Crippen LogP contribution is -2.37. The van der Waals surface area contributed by atoms with Gasteiger partial charge >= 0.3 is 5.97 Å². The van der Waals surface area contributed by atoms with Gasteiger partial charge in [-0.05, 0) is 56.2 Å². The molecule has 1 unspecified atom stereocenters. The smallest absolute Gasteiger partial charge is 0.339 e. The van der Waals surface area contributed by atoms with Gasteiger partial charge in [-0.3, -0.25) is 0 Å². The lowest BCUT2D eigenvalue weighted by atomic mass is 9.88. The molecule has 3 aromatic carbocycles. The third-order valence-corrected chi connectivity index (χ3v) is 8.20. The van der Waals surface area contributed by atoms with Crippen molar-refractivity contribution < 1.29 is 9.53 Å². The third-order valence-electron chi connectivity index (χ3n) is 5.99. The van der Waals surface area contributed by atoms with E-state index in [1.807, 2.05) is 37.3 Å². The molecule has 2 nitrogen and oxygen atoms in total. The Morgan fingerprint density at radius 1 is 0.903 bits per heavy atom. The number of carbonyl (C=O) groups excluding carboxylic acids is 1. The fourth-order valence-electron chi connectivity index (χ4n) is 4.23. The van der Waals surface area contributed by atoms with Gasteiger partial charge < -0.3 is 4.74 Å². The minimum absolute atomic E-state index is 0.230. The first-order valence-corrected chi connectivity index (χ1v) is 12.0. The number of hydrogen-bond donors (Lipinski definition) is 0. The summed E-state index contributed by atoms with van der Waals surface area (Å²) in [5.74, 6) is 2.65. The molecule has 4 rings (SSSR count). The Labute approximate surface area is 188 Å². The van der Waals surface area contributed by atoms with E-state index in [4.69, 9.17) is 11.2 Å². The molecule has 1 fully saturated rings. The maximum Gasteiger partial charge on any atom is 0.339 e. The molecule has 0 aromatic heterocycles. The van der Waals surface area contributed by atoms with E-state index in [0.29, 0.717) is 5.56 Å². The molecule has 1 saturated carbocycles. The van der Waals surface area contributed by atoms with Gasteiger partial charge in [-0.1, -0.05) is 61.2 Å². The van der Waals surface area contributed by atoms with E-state index in [0.717, 1.165) is 30.6 Å². The molecule has 0 N–H and O–H groups in total. The molecule has 1 atom stereocenters. The monoisotopic (exact) mass is 427 g/mol. The normalized spacial score (nSPS) is 15.9. The van der Waals surface area contributed by atoms with E-state index in [9.17, 15) is 4.79 Å². The molecule has 0 heterocycles. The van der Waals surface area contributed by atoms with Crippen LogP contribution >= 0.6 is 0 Å². The van der Waals surface area contributed by atoms with Gasteiger partial charge in [-0.25, -0.2) is 4.79 Å². The summed E-state index contributed by atoms with van der Waals surface area (Å²) < 4.78 is 5.93. The predicted molar refractivity (Wildman–Crippen MR) is 126 cm³/mol. The lowest BCUT2D eigenvalue weighted by molar-refractivity contribution is -0.00791. The van der Waals surface area contributed by atoms with Crippen LogP contribution < -0.4 is 0 Å². The second-order valence-electron chi connectivity index (χ2n) is 8.08. The van der Waals surface area contributed by atoms with Crippen LogP contribution in [0.5, 0.6) is 0 Å². The van der Waals surface area contributed by atoms with Crippen LogP contribution in [0.3, 0.4) is 0 Å². The van der Waals surface area contributed by atoms with Gasteiger partial charge in [0.15, 0.2) is 20.3 Å². The van der Waals surface area contributed by atoms with Gasteiger partial charge in [0.05, 0.1) is 16.5 Å². The SMILES string of the molecule is C#CC(C)(OC(=O)c1cccc([S+](c2ccccc2)c2ccccc2)c1)C1CCCC1. The van der Waals surface area contributed by atoms with E-state index in [1.54, 1.807) is 0 Å². The van der Waals surface area contributed by atoms with E-state index in [2.05, 4.69) is 60.5 Å². The summed E-state index contributed by atoms with van der Waals surface area (Å²) >= 11 is 0. The third kappa shape index (κ3) is 4.70. The molecule has 0 bridgehead atoms. The number of rotatable bonds is 6. The van der Waals surface area contributed by atoms with Crippen molar-refractivity contribution in [2.75, 3.05) is 0 Å². The molecule has 156 valence electrons. The quantitative estimate of drug-likeness (QED) is 0.254. The standard InChI is InChI=1S/C28H27O2S/c1-3-28(2,23-14-10-11-15-23)30-27(29)22-13-12-20-26(21-22)31(24-16-6-4-7-17-24)25-18-8-5-9-19-25/h1,4-9,12-13,16-21,23H,10-11,14-15H2,2H3/q+1. The number of ether oxygens (including phenoxy) is 1. The summed E-state index contributed by atoms with van der Waals surface area (Å²) in [7, 11) is -0.316. The molecule has 31 heavy (non-hydrogen) atoms. The molecular weight excluding hydrogens is 400 g/mol. The molecule has 0 amide bonds. The van der Waals surface area contributed by atoms with Crippen molar-refractivity contribution in [2.24, 2.45) is 5.92 Å². The van der Waals surface area contributed by atoms with Crippen LogP contribution in [0.4, 0.5) is 0 Å². The summed E-state index contributed by atoms with van der Waals surface area (Å²) in [6.45, 7) is 1.88. The van der Waals surface area contributed by atoms with Crippen LogP contribution in [0.25, 0.3) is 0 Å². The van der Waals surface area contributed by atoms with Gasteiger partial charge in [0.1, 0.15) is 0 Å². The van der Waals surface area contributed by atoms with Gasteiger partial charge in [0, 0.05) is 12.0 Å². The largest absolute Gasteiger partial charge is 0.442 e. The van der Waals surface area contributed by atoms with Crippen molar-refractivity contribution in [3.05, 3.63) is 90.5 Å². The Bertz CT molecular complexity index is 1030. The fraction of sp³-hybridized carbons (Fsp3) is 0.250. The highest BCUT2D eigenvalue weighted by Crippen LogP contribution is 2.37. The maximum atomic E-state index is 13.1. The Kier molecular flexibility index (Phi) is 6.49. The molecular formula is C28H27O2S+. The van der Waals surface area contributed by atoms with Crippen LogP contribution in [0.15, 0.2) is 99.6 Å². The highest BCUT2D eigenvalue weighted by molar-refractivity contribution is 7.97. The topological polar surface area (TPSA) is 26.3 Å². The Morgan fingerprint density at radius 2 is 1.45 bits per heavy atom. The minimum atomic E-state index is -0.857. The molecule has 3 heteroatoms. The summed E-state index contributed by atoms with van der Waals surface area (Å²) in [5, 5.41) is 0. The summed E-state index contributed by atoms with van der Waals surface area (Å²) in [4.78, 5) is 16.6. The van der Waals surface area contributed by atoms with Crippen LogP contribution in [0.2, 0.25) is 0 Å². The number of esters is 1. The zero-order valence-corrected chi connectivity index (χ0v) is 18.6. The molecule has 0 radical (unpaired) electrons. The van der Waals surface area contributed by atoms with Crippen molar-refractivity contribution in [3.63, 3.8) is 0 Å². The van der Waals surface area contributed by atoms with Gasteiger partial charge in [0.2, 0.25) is 0 Å². The van der Waals surface area contributed by atoms with Crippen LogP contribution in [0, 0.1) is 18.3 Å². The van der Waals surface area contributed by atoms with Crippen molar-refractivity contribution in [3.8, 4) is 12.3 Å². The lowest BCUT2D eigenvalue weighted by Gasteiger charge is -2.30. The van der Waals surface area contributed by atoms with Crippen molar-refractivity contribution in [2.45, 2.75) is 52.9 Å². The van der Waals surface area contributed by atoms with Gasteiger partial charge in [-0.15, -0.1) is 6.42 Å². The summed E-state index contributed by atoms with van der Waals surface area (Å²) in [6.07, 6.45) is 10.1. The first-order valence-electron chi connectivity index (χ1n) is 10.8. The Hall–Kier alpha value is -2.96. The second-order valence-corrected chi connectivity index (χ2v) is 10.1. The predicted octanol–water partition coefficient (Wildman–Crippen LogP) is 6.52. The number of benzene rings is 3. The van der Waals surface area contributed by atoms with Gasteiger partial charge in [0.25, 0.3) is 0 Å². The van der Waals surface area contributed by atoms with E-state index in [1.165, 1.54) is 9.79 Å². The Balaban J connectivity index is 1.66. The molecule has 1 aliphatic carbocycles. The van der Waals surface area contributed by atoms with Crippen LogP contribution in [-0.4, -0.2) is 11.6 Å². The van der Waals surface area contributed by atoms with E-state index >= 15 is 0 Å². The van der Waals surface area contributed by atoms with Crippen molar-refractivity contribution >= 4 is 16.9 Å². The number of carbonyl (C=O) groups is 1. The average Bonchev–Trinajstić information content (AvgIpc) is 3.37. The molecule has 3 aromatic rings.